The minimum atomic E-state index is -4.31. The van der Waals surface area contributed by atoms with Crippen molar-refractivity contribution in [1.29, 1.82) is 0 Å². The lowest BCUT2D eigenvalue weighted by Gasteiger charge is -2.11. The van der Waals surface area contributed by atoms with Gasteiger partial charge in [0.2, 0.25) is 5.95 Å². The molecule has 6 heteroatoms. The van der Waals surface area contributed by atoms with Gasteiger partial charge in [-0.1, -0.05) is 12.1 Å². The summed E-state index contributed by atoms with van der Waals surface area (Å²) in [6.07, 6.45) is 1.36. The van der Waals surface area contributed by atoms with E-state index in [2.05, 4.69) is 10.3 Å². The number of imidazole rings is 1. The lowest BCUT2D eigenvalue weighted by Crippen LogP contribution is -2.10. The Bertz CT molecular complexity index is 600. The van der Waals surface area contributed by atoms with Crippen LogP contribution in [0.1, 0.15) is 24.0 Å². The van der Waals surface area contributed by atoms with Crippen LogP contribution in [0.2, 0.25) is 0 Å². The SMILES string of the molecule is FC(F)(F)c1cccc(Cn2ccnc2NC2CC2)c1. The maximum absolute atomic E-state index is 12.7. The van der Waals surface area contributed by atoms with Crippen LogP contribution >= 0.6 is 0 Å². The summed E-state index contributed by atoms with van der Waals surface area (Å²) in [6, 6.07) is 5.85. The van der Waals surface area contributed by atoms with Gasteiger partial charge in [0, 0.05) is 18.4 Å². The molecule has 1 N–H and O–H groups in total. The average molecular weight is 281 g/mol. The molecule has 0 radical (unpaired) electrons. The molecule has 0 amide bonds. The van der Waals surface area contributed by atoms with E-state index in [0.717, 1.165) is 18.9 Å². The van der Waals surface area contributed by atoms with E-state index in [0.29, 0.717) is 24.1 Å². The first-order chi connectivity index (χ1) is 9.52. The van der Waals surface area contributed by atoms with E-state index in [1.165, 1.54) is 12.1 Å². The zero-order valence-corrected chi connectivity index (χ0v) is 10.7. The number of benzene rings is 1. The highest BCUT2D eigenvalue weighted by molar-refractivity contribution is 5.32. The molecule has 0 bridgehead atoms. The van der Waals surface area contributed by atoms with Crippen molar-refractivity contribution in [3.05, 3.63) is 47.8 Å². The summed E-state index contributed by atoms with van der Waals surface area (Å²) in [4.78, 5) is 4.19. The summed E-state index contributed by atoms with van der Waals surface area (Å²) < 4.78 is 39.9. The minimum absolute atomic E-state index is 0.374. The maximum Gasteiger partial charge on any atom is 0.416 e. The molecule has 1 aromatic carbocycles. The van der Waals surface area contributed by atoms with Crippen molar-refractivity contribution in [2.75, 3.05) is 5.32 Å². The van der Waals surface area contributed by atoms with E-state index in [1.54, 1.807) is 18.5 Å². The van der Waals surface area contributed by atoms with Gasteiger partial charge in [-0.3, -0.25) is 0 Å². The molecule has 3 rings (SSSR count). The van der Waals surface area contributed by atoms with Gasteiger partial charge in [0.05, 0.1) is 12.1 Å². The molecule has 1 saturated carbocycles. The summed E-state index contributed by atoms with van der Waals surface area (Å²) >= 11 is 0. The van der Waals surface area contributed by atoms with Gasteiger partial charge in [-0.15, -0.1) is 0 Å². The smallest absolute Gasteiger partial charge is 0.353 e. The van der Waals surface area contributed by atoms with Crippen LogP contribution in [0.5, 0.6) is 0 Å². The van der Waals surface area contributed by atoms with Crippen LogP contribution in [0.3, 0.4) is 0 Å². The van der Waals surface area contributed by atoms with Crippen LogP contribution in [0.15, 0.2) is 36.7 Å². The van der Waals surface area contributed by atoms with Gasteiger partial charge in [-0.25, -0.2) is 4.98 Å². The predicted molar refractivity (Wildman–Crippen MR) is 69.4 cm³/mol. The molecule has 1 aliphatic carbocycles. The van der Waals surface area contributed by atoms with E-state index >= 15 is 0 Å². The van der Waals surface area contributed by atoms with Crippen LogP contribution in [0.25, 0.3) is 0 Å². The van der Waals surface area contributed by atoms with Gasteiger partial charge in [0.25, 0.3) is 0 Å². The molecule has 1 aromatic heterocycles. The van der Waals surface area contributed by atoms with E-state index in [4.69, 9.17) is 0 Å². The topological polar surface area (TPSA) is 29.9 Å². The third kappa shape index (κ3) is 2.95. The number of aromatic nitrogens is 2. The highest BCUT2D eigenvalue weighted by Crippen LogP contribution is 2.30. The standard InChI is InChI=1S/C14H14F3N3/c15-14(16,17)11-3-1-2-10(8-11)9-20-7-6-18-13(20)19-12-4-5-12/h1-3,6-8,12H,4-5,9H2,(H,18,19). The first-order valence-electron chi connectivity index (χ1n) is 6.46. The quantitative estimate of drug-likeness (QED) is 0.929. The molecule has 1 aliphatic rings. The summed E-state index contributed by atoms with van der Waals surface area (Å²) in [5.41, 5.74) is -0.0107. The van der Waals surface area contributed by atoms with Crippen molar-refractivity contribution < 1.29 is 13.2 Å². The number of hydrogen-bond acceptors (Lipinski definition) is 2. The monoisotopic (exact) mass is 281 g/mol. The van der Waals surface area contributed by atoms with E-state index in [-0.39, 0.29) is 0 Å². The molecule has 3 nitrogen and oxygen atoms in total. The molecule has 0 spiro atoms. The van der Waals surface area contributed by atoms with Gasteiger partial charge in [-0.2, -0.15) is 13.2 Å². The second-order valence-electron chi connectivity index (χ2n) is 5.00. The predicted octanol–water partition coefficient (Wildman–Crippen LogP) is 3.52. The zero-order chi connectivity index (χ0) is 14.2. The molecular weight excluding hydrogens is 267 g/mol. The van der Waals surface area contributed by atoms with Gasteiger partial charge in [0.15, 0.2) is 0 Å². The largest absolute Gasteiger partial charge is 0.416 e. The van der Waals surface area contributed by atoms with Crippen molar-refractivity contribution in [3.63, 3.8) is 0 Å². The Labute approximate surface area is 114 Å². The Balaban J connectivity index is 1.79. The Hall–Kier alpha value is -1.98. The highest BCUT2D eigenvalue weighted by atomic mass is 19.4. The maximum atomic E-state index is 12.7. The second-order valence-corrected chi connectivity index (χ2v) is 5.00. The third-order valence-electron chi connectivity index (χ3n) is 3.23. The summed E-state index contributed by atoms with van der Waals surface area (Å²) in [5.74, 6) is 0.713. The van der Waals surface area contributed by atoms with Crippen LogP contribution < -0.4 is 5.32 Å². The summed E-state index contributed by atoms with van der Waals surface area (Å²) in [7, 11) is 0. The fourth-order valence-electron chi connectivity index (χ4n) is 2.03. The Kier molecular flexibility index (Phi) is 3.16. The number of halogens is 3. The van der Waals surface area contributed by atoms with Gasteiger partial charge < -0.3 is 9.88 Å². The van der Waals surface area contributed by atoms with Crippen molar-refractivity contribution >= 4 is 5.95 Å². The van der Waals surface area contributed by atoms with Crippen molar-refractivity contribution in [3.8, 4) is 0 Å². The lowest BCUT2D eigenvalue weighted by atomic mass is 10.1. The molecule has 106 valence electrons. The molecule has 2 aromatic rings. The first kappa shape index (κ1) is 13.0. The Morgan fingerprint density at radius 2 is 2.10 bits per heavy atom. The normalized spacial score (nSPS) is 15.3. The minimum Gasteiger partial charge on any atom is -0.353 e. The van der Waals surface area contributed by atoms with Crippen LogP contribution in [0.4, 0.5) is 19.1 Å². The number of anilines is 1. The van der Waals surface area contributed by atoms with E-state index in [1.807, 2.05) is 4.57 Å². The summed E-state index contributed by atoms with van der Waals surface area (Å²) in [6.45, 7) is 0.374. The van der Waals surface area contributed by atoms with Crippen molar-refractivity contribution in [2.45, 2.75) is 31.6 Å². The fourth-order valence-corrected chi connectivity index (χ4v) is 2.03. The molecular formula is C14H14F3N3. The number of alkyl halides is 3. The van der Waals surface area contributed by atoms with Crippen LogP contribution in [-0.4, -0.2) is 15.6 Å². The van der Waals surface area contributed by atoms with Gasteiger partial charge in [-0.05, 0) is 30.5 Å². The number of rotatable bonds is 4. The van der Waals surface area contributed by atoms with Gasteiger partial charge >= 0.3 is 6.18 Å². The highest BCUT2D eigenvalue weighted by Gasteiger charge is 2.30. The van der Waals surface area contributed by atoms with Gasteiger partial charge in [0.1, 0.15) is 0 Å². The van der Waals surface area contributed by atoms with E-state index < -0.39 is 11.7 Å². The van der Waals surface area contributed by atoms with Crippen LogP contribution in [-0.2, 0) is 12.7 Å². The van der Waals surface area contributed by atoms with Crippen molar-refractivity contribution in [2.24, 2.45) is 0 Å². The molecule has 0 aliphatic heterocycles. The first-order valence-corrected chi connectivity index (χ1v) is 6.46. The number of nitrogens with one attached hydrogen (secondary N) is 1. The second kappa shape index (κ2) is 4.85. The molecule has 0 saturated heterocycles. The number of nitrogens with zero attached hydrogens (tertiary/aromatic N) is 2. The van der Waals surface area contributed by atoms with E-state index in [9.17, 15) is 13.2 Å². The third-order valence-corrected chi connectivity index (χ3v) is 3.23. The molecule has 0 unspecified atom stereocenters. The number of hydrogen-bond donors (Lipinski definition) is 1. The summed E-state index contributed by atoms with van der Waals surface area (Å²) in [5, 5.41) is 3.26. The fraction of sp³-hybridized carbons (Fsp3) is 0.357. The molecule has 20 heavy (non-hydrogen) atoms. The van der Waals surface area contributed by atoms with Crippen LogP contribution in [0, 0.1) is 0 Å². The average Bonchev–Trinajstić information content (AvgIpc) is 3.10. The Morgan fingerprint density at radius 1 is 1.30 bits per heavy atom. The Morgan fingerprint density at radius 3 is 2.80 bits per heavy atom. The molecule has 0 atom stereocenters. The zero-order valence-electron chi connectivity index (χ0n) is 10.7. The molecule has 1 heterocycles. The molecule has 1 fully saturated rings. The lowest BCUT2D eigenvalue weighted by molar-refractivity contribution is -0.137. The van der Waals surface area contributed by atoms with Crippen molar-refractivity contribution in [1.82, 2.24) is 9.55 Å².